The van der Waals surface area contributed by atoms with Crippen LogP contribution in [0.2, 0.25) is 0 Å². The molecule has 0 N–H and O–H groups in total. The molecule has 1 aromatic rings. The molecule has 7 heteroatoms. The molecular weight excluding hydrogens is 304 g/mol. The molecule has 6 nitrogen and oxygen atoms in total. The molecule has 122 valence electrons. The molecule has 0 aromatic heterocycles. The minimum absolute atomic E-state index is 0.0369. The molecule has 22 heavy (non-hydrogen) atoms. The first-order valence-corrected chi connectivity index (χ1v) is 9.19. The van der Waals surface area contributed by atoms with E-state index in [2.05, 4.69) is 11.8 Å². The highest BCUT2D eigenvalue weighted by Crippen LogP contribution is 2.22. The Kier molecular flexibility index (Phi) is 5.18. The molecule has 2 atom stereocenters. The predicted octanol–water partition coefficient (Wildman–Crippen LogP) is 2.63. The first-order valence-electron chi connectivity index (χ1n) is 7.54. The van der Waals surface area contributed by atoms with E-state index in [0.717, 1.165) is 19.4 Å². The summed E-state index contributed by atoms with van der Waals surface area (Å²) in [6, 6.07) is 5.45. The normalized spacial score (nSPS) is 21.5. The van der Waals surface area contributed by atoms with Gasteiger partial charge in [-0.2, -0.15) is 0 Å². The fraction of sp³-hybridized carbons (Fsp3) is 0.600. The molecule has 1 heterocycles. The van der Waals surface area contributed by atoms with Crippen molar-refractivity contribution in [3.05, 3.63) is 34.4 Å². The number of rotatable bonds is 5. The van der Waals surface area contributed by atoms with Crippen molar-refractivity contribution in [3.63, 3.8) is 0 Å². The van der Waals surface area contributed by atoms with Crippen LogP contribution >= 0.6 is 0 Å². The summed E-state index contributed by atoms with van der Waals surface area (Å²) in [7, 11) is -3.44. The standard InChI is InChI=1S/C15H22N2O4S/c1-12-5-3-4-10-16(12)13(2)11-22(20,21)15-8-6-14(7-9-15)17(18)19/h6-9,12-13H,3-5,10-11H2,1-2H3. The number of likely N-dealkylation sites (tertiary alicyclic amines) is 1. The Morgan fingerprint density at radius 2 is 1.95 bits per heavy atom. The molecule has 2 rings (SSSR count). The second-order valence-corrected chi connectivity index (χ2v) is 8.00. The fourth-order valence-corrected chi connectivity index (χ4v) is 4.63. The number of hydrogen-bond donors (Lipinski definition) is 0. The Morgan fingerprint density at radius 3 is 2.50 bits per heavy atom. The van der Waals surface area contributed by atoms with Gasteiger partial charge in [-0.1, -0.05) is 6.42 Å². The van der Waals surface area contributed by atoms with Gasteiger partial charge < -0.3 is 0 Å². The van der Waals surface area contributed by atoms with Crippen LogP contribution in [0.25, 0.3) is 0 Å². The highest BCUT2D eigenvalue weighted by atomic mass is 32.2. The molecule has 1 saturated heterocycles. The van der Waals surface area contributed by atoms with Crippen LogP contribution in [0, 0.1) is 10.1 Å². The number of piperidine rings is 1. The third kappa shape index (κ3) is 3.84. The number of nitrogens with zero attached hydrogens (tertiary/aromatic N) is 2. The van der Waals surface area contributed by atoms with Gasteiger partial charge in [-0.3, -0.25) is 15.0 Å². The predicted molar refractivity (Wildman–Crippen MR) is 84.6 cm³/mol. The highest BCUT2D eigenvalue weighted by Gasteiger charge is 2.27. The van der Waals surface area contributed by atoms with Crippen molar-refractivity contribution >= 4 is 15.5 Å². The van der Waals surface area contributed by atoms with Crippen LogP contribution in [-0.2, 0) is 9.84 Å². The Hall–Kier alpha value is -1.47. The van der Waals surface area contributed by atoms with Crippen molar-refractivity contribution in [2.24, 2.45) is 0 Å². The number of nitro benzene ring substituents is 1. The van der Waals surface area contributed by atoms with Crippen LogP contribution in [0.1, 0.15) is 33.1 Å². The maximum absolute atomic E-state index is 12.5. The Morgan fingerprint density at radius 1 is 1.32 bits per heavy atom. The first kappa shape index (κ1) is 16.9. The average molecular weight is 326 g/mol. The van der Waals surface area contributed by atoms with E-state index >= 15 is 0 Å². The fourth-order valence-electron chi connectivity index (χ4n) is 3.06. The minimum atomic E-state index is -3.44. The van der Waals surface area contributed by atoms with E-state index < -0.39 is 14.8 Å². The van der Waals surface area contributed by atoms with Crippen LogP contribution in [0.5, 0.6) is 0 Å². The SMILES string of the molecule is CC1CCCCN1C(C)CS(=O)(=O)c1ccc([N+](=O)[O-])cc1. The monoisotopic (exact) mass is 326 g/mol. The quantitative estimate of drug-likeness (QED) is 0.614. The lowest BCUT2D eigenvalue weighted by molar-refractivity contribution is -0.384. The second kappa shape index (κ2) is 6.75. The molecule has 2 unspecified atom stereocenters. The van der Waals surface area contributed by atoms with E-state index in [9.17, 15) is 18.5 Å². The summed E-state index contributed by atoms with van der Waals surface area (Å²) in [4.78, 5) is 12.5. The molecule has 1 aliphatic rings. The van der Waals surface area contributed by atoms with E-state index in [-0.39, 0.29) is 22.4 Å². The number of sulfone groups is 1. The van der Waals surface area contributed by atoms with Crippen LogP contribution in [0.15, 0.2) is 29.2 Å². The van der Waals surface area contributed by atoms with Gasteiger partial charge >= 0.3 is 0 Å². The van der Waals surface area contributed by atoms with Gasteiger partial charge in [-0.15, -0.1) is 0 Å². The van der Waals surface area contributed by atoms with Gasteiger partial charge in [0.15, 0.2) is 9.84 Å². The maximum atomic E-state index is 12.5. The van der Waals surface area contributed by atoms with E-state index in [4.69, 9.17) is 0 Å². The van der Waals surface area contributed by atoms with Crippen molar-refractivity contribution in [3.8, 4) is 0 Å². The lowest BCUT2D eigenvalue weighted by Gasteiger charge is -2.37. The van der Waals surface area contributed by atoms with Gasteiger partial charge in [0.25, 0.3) is 5.69 Å². The first-order chi connectivity index (χ1) is 10.3. The number of benzene rings is 1. The lowest BCUT2D eigenvalue weighted by Crippen LogP contribution is -2.46. The van der Waals surface area contributed by atoms with Crippen molar-refractivity contribution in [2.45, 2.75) is 50.1 Å². The molecule has 0 spiro atoms. The van der Waals surface area contributed by atoms with E-state index in [1.165, 1.54) is 30.7 Å². The third-order valence-corrected chi connectivity index (χ3v) is 6.20. The van der Waals surface area contributed by atoms with Gasteiger partial charge in [0, 0.05) is 24.2 Å². The van der Waals surface area contributed by atoms with Gasteiger partial charge in [0.05, 0.1) is 15.6 Å². The van der Waals surface area contributed by atoms with Crippen molar-refractivity contribution in [2.75, 3.05) is 12.3 Å². The Labute approximate surface area is 131 Å². The second-order valence-electron chi connectivity index (χ2n) is 5.96. The molecule has 0 radical (unpaired) electrons. The molecule has 0 saturated carbocycles. The molecule has 1 fully saturated rings. The van der Waals surface area contributed by atoms with Crippen LogP contribution in [0.4, 0.5) is 5.69 Å². The maximum Gasteiger partial charge on any atom is 0.269 e. The third-order valence-electron chi connectivity index (χ3n) is 4.29. The van der Waals surface area contributed by atoms with Gasteiger partial charge in [0.1, 0.15) is 0 Å². The van der Waals surface area contributed by atoms with Crippen molar-refractivity contribution in [1.82, 2.24) is 4.90 Å². The summed E-state index contributed by atoms with van der Waals surface area (Å²) in [5.74, 6) is 0.0369. The Balaban J connectivity index is 2.11. The molecular formula is C15H22N2O4S. The van der Waals surface area contributed by atoms with Gasteiger partial charge in [0.2, 0.25) is 0 Å². The zero-order valence-corrected chi connectivity index (χ0v) is 13.8. The molecule has 0 amide bonds. The smallest absolute Gasteiger partial charge is 0.269 e. The lowest BCUT2D eigenvalue weighted by atomic mass is 10.0. The summed E-state index contributed by atoms with van der Waals surface area (Å²) >= 11 is 0. The Bertz CT molecular complexity index is 627. The highest BCUT2D eigenvalue weighted by molar-refractivity contribution is 7.91. The summed E-state index contributed by atoms with van der Waals surface area (Å²) in [5, 5.41) is 10.6. The molecule has 0 aliphatic carbocycles. The zero-order valence-electron chi connectivity index (χ0n) is 12.9. The van der Waals surface area contributed by atoms with Gasteiger partial charge in [-0.25, -0.2) is 8.42 Å². The molecule has 0 bridgehead atoms. The van der Waals surface area contributed by atoms with Crippen molar-refractivity contribution < 1.29 is 13.3 Å². The molecule has 1 aliphatic heterocycles. The largest absolute Gasteiger partial charge is 0.297 e. The number of nitro groups is 1. The van der Waals surface area contributed by atoms with E-state index in [1.54, 1.807) is 0 Å². The summed E-state index contributed by atoms with van der Waals surface area (Å²) < 4.78 is 25.0. The summed E-state index contributed by atoms with van der Waals surface area (Å²) in [5.41, 5.74) is -0.100. The number of non-ortho nitro benzene ring substituents is 1. The number of hydrogen-bond acceptors (Lipinski definition) is 5. The van der Waals surface area contributed by atoms with Crippen LogP contribution < -0.4 is 0 Å². The summed E-state index contributed by atoms with van der Waals surface area (Å²) in [6.45, 7) is 5.00. The summed E-state index contributed by atoms with van der Waals surface area (Å²) in [6.07, 6.45) is 3.40. The molecule has 1 aromatic carbocycles. The van der Waals surface area contributed by atoms with Gasteiger partial charge in [-0.05, 0) is 45.4 Å². The van der Waals surface area contributed by atoms with Crippen molar-refractivity contribution in [1.29, 1.82) is 0 Å². The van der Waals surface area contributed by atoms with Crippen LogP contribution in [0.3, 0.4) is 0 Å². The average Bonchev–Trinajstić information content (AvgIpc) is 2.47. The zero-order chi connectivity index (χ0) is 16.3. The topological polar surface area (TPSA) is 80.5 Å². The minimum Gasteiger partial charge on any atom is -0.297 e. The van der Waals surface area contributed by atoms with Crippen LogP contribution in [-0.4, -0.2) is 42.6 Å². The van der Waals surface area contributed by atoms with E-state index in [1.807, 2.05) is 6.92 Å². The van der Waals surface area contributed by atoms with E-state index in [0.29, 0.717) is 6.04 Å².